The molecule has 0 radical (unpaired) electrons. The molecule has 2 nitrogen and oxygen atoms in total. The van der Waals surface area contributed by atoms with Gasteiger partial charge < -0.3 is 10.1 Å². The molecule has 1 heterocycles. The zero-order valence-electron chi connectivity index (χ0n) is 10.3. The number of aryl methyl sites for hydroxylation is 1. The number of ether oxygens (including phenoxy) is 1. The summed E-state index contributed by atoms with van der Waals surface area (Å²) in [7, 11) is 1.89. The third kappa shape index (κ3) is 2.86. The van der Waals surface area contributed by atoms with Crippen LogP contribution in [-0.2, 0) is 4.74 Å². The zero-order valence-corrected chi connectivity index (χ0v) is 10.3. The van der Waals surface area contributed by atoms with Gasteiger partial charge in [0.25, 0.3) is 0 Å². The van der Waals surface area contributed by atoms with E-state index in [2.05, 4.69) is 5.32 Å². The third-order valence-electron chi connectivity index (χ3n) is 3.02. The van der Waals surface area contributed by atoms with Gasteiger partial charge >= 0.3 is 0 Å². The molecule has 0 saturated heterocycles. The van der Waals surface area contributed by atoms with Gasteiger partial charge in [0.2, 0.25) is 0 Å². The number of rotatable bonds is 3. The molecule has 1 aromatic carbocycles. The van der Waals surface area contributed by atoms with Crippen molar-refractivity contribution in [2.75, 3.05) is 13.7 Å². The van der Waals surface area contributed by atoms with E-state index in [1.807, 2.05) is 26.3 Å². The monoisotopic (exact) mass is 235 g/mol. The lowest BCUT2D eigenvalue weighted by Gasteiger charge is -2.23. The molecular weight excluding hydrogens is 217 g/mol. The highest BCUT2D eigenvalue weighted by molar-refractivity contribution is 5.32. The van der Waals surface area contributed by atoms with Crippen molar-refractivity contribution < 1.29 is 9.13 Å². The number of benzene rings is 1. The first-order chi connectivity index (χ1) is 8.20. The molecule has 3 heteroatoms. The highest BCUT2D eigenvalue weighted by atomic mass is 19.1. The average molecular weight is 235 g/mol. The molecule has 1 aliphatic heterocycles. The Bertz CT molecular complexity index is 408. The van der Waals surface area contributed by atoms with Gasteiger partial charge in [-0.25, -0.2) is 4.39 Å². The van der Waals surface area contributed by atoms with Crippen molar-refractivity contribution in [2.24, 2.45) is 0 Å². The van der Waals surface area contributed by atoms with E-state index in [0.717, 1.165) is 30.6 Å². The molecule has 1 aromatic rings. The second-order valence-corrected chi connectivity index (χ2v) is 4.45. The smallest absolute Gasteiger partial charge is 0.123 e. The fraction of sp³-hybridized carbons (Fsp3) is 0.429. The lowest BCUT2D eigenvalue weighted by molar-refractivity contribution is 0.220. The molecule has 0 aromatic heterocycles. The summed E-state index contributed by atoms with van der Waals surface area (Å²) in [5.74, 6) is -0.183. The zero-order chi connectivity index (χ0) is 12.3. The van der Waals surface area contributed by atoms with E-state index < -0.39 is 0 Å². The van der Waals surface area contributed by atoms with Gasteiger partial charge in [-0.2, -0.15) is 0 Å². The Morgan fingerprint density at radius 2 is 2.18 bits per heavy atom. The van der Waals surface area contributed by atoms with Gasteiger partial charge in [-0.15, -0.1) is 0 Å². The number of nitrogens with one attached hydrogen (secondary N) is 1. The van der Waals surface area contributed by atoms with Crippen LogP contribution < -0.4 is 5.32 Å². The number of halogens is 1. The minimum Gasteiger partial charge on any atom is -0.501 e. The van der Waals surface area contributed by atoms with Gasteiger partial charge in [0, 0.05) is 0 Å². The summed E-state index contributed by atoms with van der Waals surface area (Å²) < 4.78 is 18.8. The highest BCUT2D eigenvalue weighted by Crippen LogP contribution is 2.28. The minimum absolute atomic E-state index is 0.0460. The lowest BCUT2D eigenvalue weighted by atomic mass is 9.94. The van der Waals surface area contributed by atoms with Crippen LogP contribution >= 0.6 is 0 Å². The van der Waals surface area contributed by atoms with Crippen LogP contribution in [0.1, 0.15) is 30.0 Å². The Morgan fingerprint density at radius 1 is 1.35 bits per heavy atom. The van der Waals surface area contributed by atoms with Crippen LogP contribution in [0, 0.1) is 12.7 Å². The van der Waals surface area contributed by atoms with E-state index >= 15 is 0 Å². The van der Waals surface area contributed by atoms with Crippen LogP contribution in [-0.4, -0.2) is 13.7 Å². The first-order valence-corrected chi connectivity index (χ1v) is 5.95. The van der Waals surface area contributed by atoms with Crippen LogP contribution in [0.5, 0.6) is 0 Å². The predicted molar refractivity (Wildman–Crippen MR) is 66.2 cm³/mol. The Labute approximate surface area is 101 Å². The van der Waals surface area contributed by atoms with Gasteiger partial charge in [-0.05, 0) is 55.6 Å². The fourth-order valence-electron chi connectivity index (χ4n) is 2.29. The van der Waals surface area contributed by atoms with Gasteiger partial charge in [-0.1, -0.05) is 6.07 Å². The van der Waals surface area contributed by atoms with Crippen molar-refractivity contribution >= 4 is 0 Å². The van der Waals surface area contributed by atoms with Crippen LogP contribution in [0.4, 0.5) is 4.39 Å². The molecule has 1 unspecified atom stereocenters. The fourth-order valence-corrected chi connectivity index (χ4v) is 2.29. The highest BCUT2D eigenvalue weighted by Gasteiger charge is 2.18. The van der Waals surface area contributed by atoms with Gasteiger partial charge in [-0.3, -0.25) is 0 Å². The molecule has 1 aliphatic rings. The Balaban J connectivity index is 2.31. The van der Waals surface area contributed by atoms with Gasteiger partial charge in [0.1, 0.15) is 5.82 Å². The molecule has 0 bridgehead atoms. The molecule has 0 amide bonds. The number of hydrogen-bond donors (Lipinski definition) is 1. The second kappa shape index (κ2) is 5.32. The van der Waals surface area contributed by atoms with E-state index in [-0.39, 0.29) is 11.9 Å². The average Bonchev–Trinajstić information content (AvgIpc) is 2.30. The molecular formula is C14H18FNO. The van der Waals surface area contributed by atoms with Crippen LogP contribution in [0.2, 0.25) is 0 Å². The maximum atomic E-state index is 13.4. The van der Waals surface area contributed by atoms with Crippen LogP contribution in [0.15, 0.2) is 30.0 Å². The standard InChI is InChI=1S/C14H18FNO/c1-10-6-12(8-13(15)7-10)14(16-2)11-4-3-5-17-9-11/h6-9,14,16H,3-5H2,1-2H3. The summed E-state index contributed by atoms with van der Waals surface area (Å²) in [5, 5.41) is 3.23. The molecule has 0 spiro atoms. The molecule has 0 saturated carbocycles. The summed E-state index contributed by atoms with van der Waals surface area (Å²) in [6, 6.07) is 5.19. The lowest BCUT2D eigenvalue weighted by Crippen LogP contribution is -2.21. The maximum absolute atomic E-state index is 13.4. The summed E-state index contributed by atoms with van der Waals surface area (Å²) in [4.78, 5) is 0. The molecule has 92 valence electrons. The van der Waals surface area contributed by atoms with Crippen LogP contribution in [0.3, 0.4) is 0 Å². The van der Waals surface area contributed by atoms with E-state index in [9.17, 15) is 4.39 Å². The topological polar surface area (TPSA) is 21.3 Å². The van der Waals surface area contributed by atoms with Crippen molar-refractivity contribution in [1.82, 2.24) is 5.32 Å². The van der Waals surface area contributed by atoms with Gasteiger partial charge in [0.05, 0.1) is 18.9 Å². The summed E-state index contributed by atoms with van der Waals surface area (Å²) in [6.45, 7) is 2.69. The number of likely N-dealkylation sites (N-methyl/N-ethyl adjacent to an activating group) is 1. The second-order valence-electron chi connectivity index (χ2n) is 4.45. The molecule has 0 aliphatic carbocycles. The van der Waals surface area contributed by atoms with Crippen LogP contribution in [0.25, 0.3) is 0 Å². The van der Waals surface area contributed by atoms with Gasteiger partial charge in [0.15, 0.2) is 0 Å². The summed E-state index contributed by atoms with van der Waals surface area (Å²) >= 11 is 0. The van der Waals surface area contributed by atoms with Crippen molar-refractivity contribution in [1.29, 1.82) is 0 Å². The Hall–Kier alpha value is -1.35. The summed E-state index contributed by atoms with van der Waals surface area (Å²) in [5.41, 5.74) is 3.09. The minimum atomic E-state index is -0.183. The largest absolute Gasteiger partial charge is 0.501 e. The third-order valence-corrected chi connectivity index (χ3v) is 3.02. The molecule has 1 N–H and O–H groups in total. The Morgan fingerprint density at radius 3 is 2.76 bits per heavy atom. The summed E-state index contributed by atoms with van der Waals surface area (Å²) in [6.07, 6.45) is 3.84. The predicted octanol–water partition coefficient (Wildman–Crippen LogP) is 3.09. The maximum Gasteiger partial charge on any atom is 0.123 e. The van der Waals surface area contributed by atoms with Crippen molar-refractivity contribution in [2.45, 2.75) is 25.8 Å². The Kier molecular flexibility index (Phi) is 3.79. The molecule has 2 rings (SSSR count). The van der Waals surface area contributed by atoms with Crippen molar-refractivity contribution in [3.8, 4) is 0 Å². The first kappa shape index (κ1) is 12.1. The van der Waals surface area contributed by atoms with Crippen molar-refractivity contribution in [3.63, 3.8) is 0 Å². The number of hydrogen-bond acceptors (Lipinski definition) is 2. The van der Waals surface area contributed by atoms with E-state index in [1.54, 1.807) is 12.1 Å². The molecule has 17 heavy (non-hydrogen) atoms. The molecule has 0 fully saturated rings. The molecule has 1 atom stereocenters. The SMILES string of the molecule is CNC(C1=COCCC1)c1cc(C)cc(F)c1. The van der Waals surface area contributed by atoms with E-state index in [4.69, 9.17) is 4.74 Å². The first-order valence-electron chi connectivity index (χ1n) is 5.95. The van der Waals surface area contributed by atoms with Crippen molar-refractivity contribution in [3.05, 3.63) is 47.0 Å². The van der Waals surface area contributed by atoms with E-state index in [0.29, 0.717) is 0 Å². The quantitative estimate of drug-likeness (QED) is 0.869. The van der Waals surface area contributed by atoms with E-state index in [1.165, 1.54) is 5.57 Å². The normalized spacial score (nSPS) is 17.2.